The maximum Gasteiger partial charge on any atom is 0.235 e. The summed E-state index contributed by atoms with van der Waals surface area (Å²) < 4.78 is 0. The van der Waals surface area contributed by atoms with Crippen LogP contribution in [0.3, 0.4) is 0 Å². The normalized spacial score (nSPS) is 19.1. The Morgan fingerprint density at radius 1 is 0.614 bits per heavy atom. The molecular weight excluding hydrogens is 713 g/mol. The van der Waals surface area contributed by atoms with E-state index in [-0.39, 0.29) is 5.92 Å². The van der Waals surface area contributed by atoms with Gasteiger partial charge in [-0.25, -0.2) is 9.97 Å². The summed E-state index contributed by atoms with van der Waals surface area (Å²) in [6, 6.07) is 57.2. The van der Waals surface area contributed by atoms with E-state index in [1.807, 2.05) is 11.8 Å². The number of nitrogens with zero attached hydrogens (tertiary/aromatic N) is 4. The minimum atomic E-state index is 0.261. The van der Waals surface area contributed by atoms with Gasteiger partial charge in [-0.2, -0.15) is 0 Å². The number of para-hydroxylation sites is 3. The highest BCUT2D eigenvalue weighted by molar-refractivity contribution is 7.99. The van der Waals surface area contributed by atoms with E-state index in [4.69, 9.17) is 9.97 Å². The van der Waals surface area contributed by atoms with Crippen molar-refractivity contribution in [1.82, 2.24) is 9.97 Å². The molecule has 4 aliphatic rings. The molecule has 3 heterocycles. The molecule has 0 fully saturated rings. The summed E-state index contributed by atoms with van der Waals surface area (Å²) in [4.78, 5) is 18.6. The molecule has 0 saturated heterocycles. The van der Waals surface area contributed by atoms with Crippen molar-refractivity contribution in [2.45, 2.75) is 35.0 Å². The lowest BCUT2D eigenvalue weighted by molar-refractivity contribution is 0.307. The Kier molecular flexibility index (Phi) is 7.52. The molecule has 5 heteroatoms. The number of hydrogen-bond acceptors (Lipinski definition) is 5. The summed E-state index contributed by atoms with van der Waals surface area (Å²) in [7, 11) is 0. The number of aromatic nitrogens is 2. The van der Waals surface area contributed by atoms with E-state index in [0.717, 1.165) is 52.0 Å². The molecule has 0 bridgehead atoms. The third kappa shape index (κ3) is 5.15. The molecule has 2 aliphatic heterocycles. The van der Waals surface area contributed by atoms with Gasteiger partial charge in [0.2, 0.25) is 5.95 Å². The van der Waals surface area contributed by atoms with Crippen molar-refractivity contribution in [2.24, 2.45) is 11.8 Å². The van der Waals surface area contributed by atoms with Gasteiger partial charge in [-0.1, -0.05) is 145 Å². The predicted molar refractivity (Wildman–Crippen MR) is 236 cm³/mol. The number of hydrogen-bond donors (Lipinski definition) is 0. The van der Waals surface area contributed by atoms with E-state index >= 15 is 0 Å². The van der Waals surface area contributed by atoms with Crippen LogP contribution in [0.2, 0.25) is 0 Å². The molecule has 0 radical (unpaired) electrons. The fourth-order valence-electron chi connectivity index (χ4n) is 9.99. The Balaban J connectivity index is 1.11. The van der Waals surface area contributed by atoms with E-state index in [9.17, 15) is 0 Å². The van der Waals surface area contributed by atoms with Gasteiger partial charge in [-0.3, -0.25) is 4.90 Å². The largest absolute Gasteiger partial charge is 0.308 e. The number of fused-ring (bicyclic) bond motifs is 10. The van der Waals surface area contributed by atoms with Crippen molar-refractivity contribution in [3.63, 3.8) is 0 Å². The Morgan fingerprint density at radius 2 is 1.42 bits per heavy atom. The third-order valence-corrected chi connectivity index (χ3v) is 13.6. The summed E-state index contributed by atoms with van der Waals surface area (Å²) in [6.45, 7) is 0. The SMILES string of the molecule is C1=CC2CC=C3[C@@H](c4cccc(-c5ccc6c(c5)N(c5ccccc5)c5ccccc5S6)c4N3c3nc(-c4ccccc4)c4ccc5ccccc5c4n3)C2CC1. The van der Waals surface area contributed by atoms with Crippen molar-refractivity contribution in [3.05, 3.63) is 187 Å². The maximum atomic E-state index is 5.60. The van der Waals surface area contributed by atoms with Gasteiger partial charge in [0.25, 0.3) is 0 Å². The van der Waals surface area contributed by atoms with Crippen LogP contribution in [-0.4, -0.2) is 9.97 Å². The molecular formula is C52H38N4S. The topological polar surface area (TPSA) is 32.3 Å². The van der Waals surface area contributed by atoms with Crippen LogP contribution in [0.1, 0.15) is 30.7 Å². The number of allylic oxidation sites excluding steroid dienone is 4. The second-order valence-electron chi connectivity index (χ2n) is 15.6. The van der Waals surface area contributed by atoms with E-state index in [1.165, 1.54) is 61.0 Å². The first kappa shape index (κ1) is 32.8. The minimum absolute atomic E-state index is 0.261. The van der Waals surface area contributed by atoms with E-state index in [1.54, 1.807) is 0 Å². The molecule has 1 aromatic heterocycles. The lowest BCUT2D eigenvalue weighted by Gasteiger charge is -2.37. The Hall–Kier alpha value is -6.43. The van der Waals surface area contributed by atoms with Gasteiger partial charge in [0.1, 0.15) is 0 Å². The average Bonchev–Trinajstić information content (AvgIpc) is 3.63. The molecule has 7 aromatic carbocycles. The summed E-state index contributed by atoms with van der Waals surface area (Å²) in [5, 5.41) is 3.39. The van der Waals surface area contributed by atoms with Crippen LogP contribution in [0.5, 0.6) is 0 Å². The molecule has 4 nitrogen and oxygen atoms in total. The van der Waals surface area contributed by atoms with Gasteiger partial charge in [0.15, 0.2) is 0 Å². The monoisotopic (exact) mass is 750 g/mol. The maximum absolute atomic E-state index is 5.60. The molecule has 8 aromatic rings. The highest BCUT2D eigenvalue weighted by Crippen LogP contribution is 2.60. The first-order chi connectivity index (χ1) is 28.3. The van der Waals surface area contributed by atoms with Crippen molar-refractivity contribution in [1.29, 1.82) is 0 Å². The fraction of sp³-hybridized carbons (Fsp3) is 0.115. The van der Waals surface area contributed by atoms with E-state index < -0.39 is 0 Å². The summed E-state index contributed by atoms with van der Waals surface area (Å²) in [5.41, 5.74) is 12.9. The first-order valence-corrected chi connectivity index (χ1v) is 20.9. The van der Waals surface area contributed by atoms with Crippen LogP contribution in [-0.2, 0) is 0 Å². The standard InChI is InChI=1S/C52H38N4S/c1-3-16-35(17-4-1)49-42-29-26-34-15-8-10-21-39(34)50(42)54-52(53-49)56-44-30-27-33-14-7-9-20-38(33)48(44)41-23-13-22-40(51(41)56)36-28-31-47-45(32-36)55(37-18-5-2-6-19-37)43-24-11-12-25-46(43)57-47/h1-8,10-19,21-26,28-33,38,48H,9,20,27H2/t33?,38?,48-/m1/s1. The molecule has 0 amide bonds. The van der Waals surface area contributed by atoms with E-state index in [2.05, 4.69) is 186 Å². The smallest absolute Gasteiger partial charge is 0.235 e. The van der Waals surface area contributed by atoms with Gasteiger partial charge >= 0.3 is 0 Å². The molecule has 0 spiro atoms. The Labute approximate surface area is 336 Å². The van der Waals surface area contributed by atoms with Crippen molar-refractivity contribution >= 4 is 62.1 Å². The number of benzene rings is 7. The van der Waals surface area contributed by atoms with Crippen molar-refractivity contribution in [3.8, 4) is 22.4 Å². The Bertz CT molecular complexity index is 2950. The van der Waals surface area contributed by atoms with Crippen LogP contribution in [0, 0.1) is 11.8 Å². The van der Waals surface area contributed by atoms with Crippen molar-refractivity contribution < 1.29 is 0 Å². The minimum Gasteiger partial charge on any atom is -0.308 e. The van der Waals surface area contributed by atoms with Crippen LogP contribution < -0.4 is 9.80 Å². The van der Waals surface area contributed by atoms with Gasteiger partial charge in [-0.05, 0) is 90.1 Å². The van der Waals surface area contributed by atoms with Crippen LogP contribution in [0.25, 0.3) is 44.1 Å². The van der Waals surface area contributed by atoms with Crippen LogP contribution >= 0.6 is 11.8 Å². The molecule has 2 aliphatic carbocycles. The van der Waals surface area contributed by atoms with Crippen molar-refractivity contribution in [2.75, 3.05) is 9.80 Å². The molecule has 12 rings (SSSR count). The first-order valence-electron chi connectivity index (χ1n) is 20.1. The zero-order chi connectivity index (χ0) is 37.5. The van der Waals surface area contributed by atoms with Gasteiger partial charge in [-0.15, -0.1) is 0 Å². The van der Waals surface area contributed by atoms with Crippen LogP contribution in [0.4, 0.5) is 28.7 Å². The van der Waals surface area contributed by atoms with Crippen LogP contribution in [0.15, 0.2) is 191 Å². The number of anilines is 5. The van der Waals surface area contributed by atoms with Gasteiger partial charge in [0.05, 0.1) is 28.3 Å². The Morgan fingerprint density at radius 3 is 2.33 bits per heavy atom. The lowest BCUT2D eigenvalue weighted by atomic mass is 9.68. The lowest BCUT2D eigenvalue weighted by Crippen LogP contribution is -2.29. The second-order valence-corrected chi connectivity index (χ2v) is 16.7. The molecule has 57 heavy (non-hydrogen) atoms. The summed E-state index contributed by atoms with van der Waals surface area (Å²) in [6.07, 6.45) is 10.7. The molecule has 0 saturated carbocycles. The molecule has 2 unspecified atom stereocenters. The highest BCUT2D eigenvalue weighted by Gasteiger charge is 2.46. The van der Waals surface area contributed by atoms with Gasteiger partial charge in [0, 0.05) is 49.0 Å². The predicted octanol–water partition coefficient (Wildman–Crippen LogP) is 14.2. The highest BCUT2D eigenvalue weighted by atomic mass is 32.2. The quantitative estimate of drug-likeness (QED) is 0.132. The average molecular weight is 751 g/mol. The molecule has 3 atom stereocenters. The summed E-state index contributed by atoms with van der Waals surface area (Å²) >= 11 is 1.85. The van der Waals surface area contributed by atoms with Gasteiger partial charge < -0.3 is 4.90 Å². The zero-order valence-corrected chi connectivity index (χ0v) is 32.1. The second kappa shape index (κ2) is 13.1. The fourth-order valence-corrected chi connectivity index (χ4v) is 11.0. The number of rotatable bonds is 4. The zero-order valence-electron chi connectivity index (χ0n) is 31.3. The van der Waals surface area contributed by atoms with E-state index in [0.29, 0.717) is 11.8 Å². The summed E-state index contributed by atoms with van der Waals surface area (Å²) in [5.74, 6) is 2.05. The molecule has 272 valence electrons. The third-order valence-electron chi connectivity index (χ3n) is 12.5. The molecule has 0 N–H and O–H groups in total.